The van der Waals surface area contributed by atoms with Crippen LogP contribution in [-0.4, -0.2) is 83.4 Å². The highest BCUT2D eigenvalue weighted by atomic mass is 16.7. The van der Waals surface area contributed by atoms with Crippen LogP contribution in [0.2, 0.25) is 0 Å². The van der Waals surface area contributed by atoms with E-state index < -0.39 is 48.6 Å². The second-order valence-corrected chi connectivity index (χ2v) is 9.01. The Balaban J connectivity index is 2.21. The van der Waals surface area contributed by atoms with E-state index in [1.54, 1.807) is 12.1 Å². The van der Waals surface area contributed by atoms with E-state index >= 15 is 0 Å². The number of nitrogens with one attached hydrogen (secondary N) is 3. The summed E-state index contributed by atoms with van der Waals surface area (Å²) in [5.74, 6) is -2.07. The quantitative estimate of drug-likeness (QED) is 0.227. The van der Waals surface area contributed by atoms with Crippen LogP contribution in [0.3, 0.4) is 0 Å². The highest BCUT2D eigenvalue weighted by Gasteiger charge is 2.41. The van der Waals surface area contributed by atoms with Gasteiger partial charge in [0.1, 0.15) is 17.9 Å². The maximum atomic E-state index is 12.9. The van der Waals surface area contributed by atoms with Crippen molar-refractivity contribution >= 4 is 23.5 Å². The molecule has 0 spiro atoms. The molecule has 202 valence electrons. The molecule has 0 aliphatic carbocycles. The molecule has 0 radical (unpaired) electrons. The molecule has 1 aromatic carbocycles. The van der Waals surface area contributed by atoms with Crippen molar-refractivity contribution in [1.82, 2.24) is 10.6 Å². The average molecular weight is 512 g/mol. The van der Waals surface area contributed by atoms with Crippen LogP contribution in [0.5, 0.6) is 5.75 Å². The van der Waals surface area contributed by atoms with E-state index in [4.69, 9.17) is 14.2 Å². The number of hydrogen-bond donors (Lipinski definition) is 6. The van der Waals surface area contributed by atoms with Crippen LogP contribution in [0.25, 0.3) is 0 Å². The van der Waals surface area contributed by atoms with E-state index in [1.165, 1.54) is 20.1 Å². The molecule has 1 aliphatic rings. The smallest absolute Gasteiger partial charge is 0.333 e. The molecule has 6 atom stereocenters. The predicted octanol–water partition coefficient (Wildman–Crippen LogP) is 0.211. The number of benzene rings is 1. The van der Waals surface area contributed by atoms with Gasteiger partial charge in [0.05, 0.1) is 24.4 Å². The van der Waals surface area contributed by atoms with Crippen LogP contribution >= 0.6 is 0 Å². The molecule has 0 saturated carbocycles. The summed E-state index contributed by atoms with van der Waals surface area (Å²) in [4.78, 5) is 36.9. The fourth-order valence-electron chi connectivity index (χ4n) is 3.70. The predicted molar refractivity (Wildman–Crippen MR) is 129 cm³/mol. The number of aliphatic hydroxyl groups is 2. The van der Waals surface area contributed by atoms with Gasteiger partial charge in [-0.1, -0.05) is 26.8 Å². The first-order chi connectivity index (χ1) is 17.0. The number of carbonyl (C=O) groups excluding carboxylic acids is 2. The Kier molecular flexibility index (Phi) is 11.1. The number of ether oxygens (including phenoxy) is 3. The number of carbonyl (C=O) groups is 3. The molecule has 1 heterocycles. The van der Waals surface area contributed by atoms with Gasteiger partial charge in [-0.3, -0.25) is 9.59 Å². The van der Waals surface area contributed by atoms with Gasteiger partial charge in [0, 0.05) is 13.5 Å². The van der Waals surface area contributed by atoms with Crippen molar-refractivity contribution < 1.29 is 43.9 Å². The maximum Gasteiger partial charge on any atom is 0.333 e. The minimum absolute atomic E-state index is 0.0143. The van der Waals surface area contributed by atoms with E-state index in [1.807, 2.05) is 20.8 Å². The molecule has 6 N–H and O–H groups in total. The van der Waals surface area contributed by atoms with Crippen LogP contribution in [-0.2, 0) is 30.5 Å². The van der Waals surface area contributed by atoms with Gasteiger partial charge in [0.2, 0.25) is 18.1 Å². The summed E-state index contributed by atoms with van der Waals surface area (Å²) >= 11 is 0. The lowest BCUT2D eigenvalue weighted by atomic mass is 10.0. The Hall–Kier alpha value is -2.77. The van der Waals surface area contributed by atoms with Crippen molar-refractivity contribution in [3.8, 4) is 5.75 Å². The number of amides is 2. The third-order valence-corrected chi connectivity index (χ3v) is 5.69. The molecule has 1 aliphatic heterocycles. The summed E-state index contributed by atoms with van der Waals surface area (Å²) < 4.78 is 16.2. The number of carboxylic acids is 1. The first-order valence-corrected chi connectivity index (χ1v) is 11.9. The fraction of sp³-hybridized carbons (Fsp3) is 0.625. The molecular formula is C24H37N3O9. The van der Waals surface area contributed by atoms with E-state index in [9.17, 15) is 29.7 Å². The SMILES string of the molecule is CCNC(C(=O)NC(C)C(=O)Nc1ccc(COC)cc1O[C@@H]1O[C@H](C(=O)O)C[C@H](O)[C@H]1O)C(C)C. The number of carboxylic acid groups (broad SMARTS) is 1. The van der Waals surface area contributed by atoms with Gasteiger partial charge in [0.15, 0.2) is 6.10 Å². The Morgan fingerprint density at radius 3 is 2.44 bits per heavy atom. The molecule has 2 amide bonds. The molecule has 0 bridgehead atoms. The molecule has 2 rings (SSSR count). The molecule has 2 unspecified atom stereocenters. The zero-order chi connectivity index (χ0) is 27.0. The summed E-state index contributed by atoms with van der Waals surface area (Å²) in [5, 5.41) is 38.1. The van der Waals surface area contributed by atoms with Crippen LogP contribution in [0.1, 0.15) is 39.7 Å². The topological polar surface area (TPSA) is 176 Å². The summed E-state index contributed by atoms with van der Waals surface area (Å²) in [6, 6.07) is 3.42. The van der Waals surface area contributed by atoms with E-state index in [0.29, 0.717) is 12.1 Å². The van der Waals surface area contributed by atoms with Crippen LogP contribution in [0, 0.1) is 5.92 Å². The van der Waals surface area contributed by atoms with Gasteiger partial charge < -0.3 is 45.5 Å². The van der Waals surface area contributed by atoms with Crippen molar-refractivity contribution in [1.29, 1.82) is 0 Å². The monoisotopic (exact) mass is 511 g/mol. The molecule has 36 heavy (non-hydrogen) atoms. The minimum atomic E-state index is -1.52. The normalized spacial score (nSPS) is 23.6. The molecule has 0 aromatic heterocycles. The molecule has 1 fully saturated rings. The van der Waals surface area contributed by atoms with Crippen molar-refractivity contribution in [3.05, 3.63) is 23.8 Å². The lowest BCUT2D eigenvalue weighted by Crippen LogP contribution is -2.53. The number of hydrogen-bond acceptors (Lipinski definition) is 9. The highest BCUT2D eigenvalue weighted by molar-refractivity contribution is 5.98. The number of likely N-dealkylation sites (N-methyl/N-ethyl adjacent to an activating group) is 1. The molecular weight excluding hydrogens is 474 g/mol. The van der Waals surface area contributed by atoms with Crippen LogP contribution < -0.4 is 20.7 Å². The average Bonchev–Trinajstić information content (AvgIpc) is 2.81. The fourth-order valence-corrected chi connectivity index (χ4v) is 3.70. The van der Waals surface area contributed by atoms with Gasteiger partial charge in [-0.15, -0.1) is 0 Å². The van der Waals surface area contributed by atoms with Gasteiger partial charge in [-0.2, -0.15) is 0 Å². The zero-order valence-electron chi connectivity index (χ0n) is 21.2. The lowest BCUT2D eigenvalue weighted by molar-refractivity contribution is -0.238. The summed E-state index contributed by atoms with van der Waals surface area (Å²) in [7, 11) is 1.50. The van der Waals surface area contributed by atoms with E-state index in [0.717, 1.165) is 0 Å². The number of aliphatic carboxylic acids is 1. The molecule has 12 nitrogen and oxygen atoms in total. The largest absolute Gasteiger partial charge is 0.479 e. The second-order valence-electron chi connectivity index (χ2n) is 9.01. The molecule has 12 heteroatoms. The van der Waals surface area contributed by atoms with Crippen molar-refractivity contribution in [2.75, 3.05) is 19.0 Å². The Labute approximate surface area is 210 Å². The van der Waals surface area contributed by atoms with Gasteiger partial charge in [-0.25, -0.2) is 4.79 Å². The number of rotatable bonds is 12. The van der Waals surface area contributed by atoms with Gasteiger partial charge in [0.25, 0.3) is 0 Å². The minimum Gasteiger partial charge on any atom is -0.479 e. The van der Waals surface area contributed by atoms with Gasteiger partial charge >= 0.3 is 5.97 Å². The van der Waals surface area contributed by atoms with E-state index in [-0.39, 0.29) is 36.3 Å². The van der Waals surface area contributed by atoms with Crippen molar-refractivity contribution in [3.63, 3.8) is 0 Å². The molecule has 1 aromatic rings. The molecule has 1 saturated heterocycles. The third kappa shape index (κ3) is 7.87. The number of aliphatic hydroxyl groups excluding tert-OH is 2. The maximum absolute atomic E-state index is 12.9. The van der Waals surface area contributed by atoms with Crippen molar-refractivity contribution in [2.45, 2.75) is 77.4 Å². The third-order valence-electron chi connectivity index (χ3n) is 5.69. The second kappa shape index (κ2) is 13.5. The Morgan fingerprint density at radius 1 is 1.17 bits per heavy atom. The summed E-state index contributed by atoms with van der Waals surface area (Å²) in [6.07, 6.45) is -6.09. The van der Waals surface area contributed by atoms with Crippen LogP contribution in [0.15, 0.2) is 18.2 Å². The highest BCUT2D eigenvalue weighted by Crippen LogP contribution is 2.31. The lowest BCUT2D eigenvalue weighted by Gasteiger charge is -2.35. The Morgan fingerprint density at radius 2 is 1.86 bits per heavy atom. The standard InChI is InChI=1S/C24H37N3O9/c1-6-25-19(12(2)3)22(31)26-13(4)21(30)27-15-8-7-14(11-34-5)9-17(15)35-24-20(29)16(28)10-18(36-24)23(32)33/h7-9,12-13,16,18-20,24-25,28-29H,6,10-11H2,1-5H3,(H,26,31)(H,27,30)(H,32,33)/t13?,16-,18-,19?,20+,24+/m0/s1. The zero-order valence-corrected chi connectivity index (χ0v) is 21.2. The number of anilines is 1. The first-order valence-electron chi connectivity index (χ1n) is 11.9. The van der Waals surface area contributed by atoms with Crippen LogP contribution in [0.4, 0.5) is 5.69 Å². The van der Waals surface area contributed by atoms with Crippen molar-refractivity contribution in [2.24, 2.45) is 5.92 Å². The van der Waals surface area contributed by atoms with Gasteiger partial charge in [-0.05, 0) is 37.1 Å². The Bertz CT molecular complexity index is 911. The summed E-state index contributed by atoms with van der Waals surface area (Å²) in [6.45, 7) is 8.04. The van der Waals surface area contributed by atoms with E-state index in [2.05, 4.69) is 16.0 Å². The number of methoxy groups -OCH3 is 1. The first kappa shape index (κ1) is 29.5. The summed E-state index contributed by atoms with van der Waals surface area (Å²) in [5.41, 5.74) is 0.855.